The highest BCUT2D eigenvalue weighted by atomic mass is 32.1. The molecule has 0 bridgehead atoms. The van der Waals surface area contributed by atoms with Gasteiger partial charge in [0, 0.05) is 11.9 Å². The van der Waals surface area contributed by atoms with Crippen molar-refractivity contribution in [3.05, 3.63) is 34.8 Å². The maximum absolute atomic E-state index is 12.1. The number of hydrogen-bond acceptors (Lipinski definition) is 6. The Bertz CT molecular complexity index is 640. The topological polar surface area (TPSA) is 80.5 Å². The molecule has 6 nitrogen and oxygen atoms in total. The summed E-state index contributed by atoms with van der Waals surface area (Å²) in [6.07, 6.45) is 0. The number of thiazole rings is 1. The molecule has 1 aromatic heterocycles. The molecule has 21 heavy (non-hydrogen) atoms. The number of ether oxygens (including phenoxy) is 1. The minimum Gasteiger partial charge on any atom is -0.495 e. The number of methoxy groups -OCH3 is 1. The van der Waals surface area contributed by atoms with Crippen molar-refractivity contribution in [2.45, 2.75) is 6.54 Å². The lowest BCUT2D eigenvalue weighted by Crippen LogP contribution is -2.14. The molecule has 1 aromatic carbocycles. The average Bonchev–Trinajstić information content (AvgIpc) is 2.85. The first kappa shape index (κ1) is 15.3. The van der Waals surface area contributed by atoms with E-state index in [0.717, 1.165) is 12.1 Å². The molecule has 0 aliphatic rings. The van der Waals surface area contributed by atoms with E-state index in [-0.39, 0.29) is 5.91 Å². The second-order valence-electron chi connectivity index (χ2n) is 4.80. The van der Waals surface area contributed by atoms with Gasteiger partial charge in [-0.05, 0) is 31.8 Å². The fourth-order valence-electron chi connectivity index (χ4n) is 1.89. The normalized spacial score (nSPS) is 10.7. The standard InChI is InChI=1S/C14H18N4O2S/c1-18(2)7-9-4-5-12(20-3)10(6-9)16-13(19)11-8-21-14(15)17-11/h4-6,8H,7H2,1-3H3,(H2,15,17)(H,16,19). The van der Waals surface area contributed by atoms with Gasteiger partial charge in [-0.1, -0.05) is 6.07 Å². The summed E-state index contributed by atoms with van der Waals surface area (Å²) in [6.45, 7) is 0.774. The Labute approximate surface area is 127 Å². The Morgan fingerprint density at radius 2 is 2.24 bits per heavy atom. The van der Waals surface area contributed by atoms with Gasteiger partial charge in [-0.25, -0.2) is 4.98 Å². The van der Waals surface area contributed by atoms with Crippen molar-refractivity contribution in [3.8, 4) is 5.75 Å². The van der Waals surface area contributed by atoms with Gasteiger partial charge in [-0.15, -0.1) is 11.3 Å². The van der Waals surface area contributed by atoms with Gasteiger partial charge in [0.05, 0.1) is 12.8 Å². The van der Waals surface area contributed by atoms with Crippen molar-refractivity contribution in [2.24, 2.45) is 0 Å². The van der Waals surface area contributed by atoms with Crippen LogP contribution in [0.4, 0.5) is 10.8 Å². The summed E-state index contributed by atoms with van der Waals surface area (Å²) in [5, 5.41) is 4.81. The van der Waals surface area contributed by atoms with E-state index in [2.05, 4.69) is 15.2 Å². The average molecular weight is 306 g/mol. The summed E-state index contributed by atoms with van der Waals surface area (Å²) in [4.78, 5) is 18.2. The summed E-state index contributed by atoms with van der Waals surface area (Å²) in [5.74, 6) is 0.303. The van der Waals surface area contributed by atoms with Crippen molar-refractivity contribution < 1.29 is 9.53 Å². The molecule has 0 aliphatic heterocycles. The van der Waals surface area contributed by atoms with Gasteiger partial charge in [0.2, 0.25) is 0 Å². The Hall–Kier alpha value is -2.12. The molecule has 1 amide bonds. The zero-order chi connectivity index (χ0) is 15.4. The number of nitrogens with two attached hydrogens (primary N) is 1. The Kier molecular flexibility index (Phi) is 4.77. The minimum atomic E-state index is -0.303. The van der Waals surface area contributed by atoms with Gasteiger partial charge < -0.3 is 20.7 Å². The third-order valence-corrected chi connectivity index (χ3v) is 3.44. The molecular formula is C14H18N4O2S. The van der Waals surface area contributed by atoms with E-state index < -0.39 is 0 Å². The van der Waals surface area contributed by atoms with Crippen LogP contribution in [0.15, 0.2) is 23.6 Å². The van der Waals surface area contributed by atoms with E-state index in [1.165, 1.54) is 11.3 Å². The number of carbonyl (C=O) groups excluding carboxylic acids is 1. The lowest BCUT2D eigenvalue weighted by atomic mass is 10.1. The van der Waals surface area contributed by atoms with Crippen molar-refractivity contribution in [2.75, 3.05) is 32.3 Å². The van der Waals surface area contributed by atoms with Crippen LogP contribution in [0.3, 0.4) is 0 Å². The van der Waals surface area contributed by atoms with Crippen LogP contribution in [-0.4, -0.2) is 37.0 Å². The number of amides is 1. The molecule has 0 saturated carbocycles. The molecule has 112 valence electrons. The van der Waals surface area contributed by atoms with Gasteiger partial charge in [0.25, 0.3) is 5.91 Å². The molecule has 0 unspecified atom stereocenters. The fraction of sp³-hybridized carbons (Fsp3) is 0.286. The second kappa shape index (κ2) is 6.55. The fourth-order valence-corrected chi connectivity index (χ4v) is 2.44. The molecule has 0 fully saturated rings. The van der Waals surface area contributed by atoms with Crippen molar-refractivity contribution in [3.63, 3.8) is 0 Å². The molecule has 1 heterocycles. The van der Waals surface area contributed by atoms with Crippen LogP contribution in [-0.2, 0) is 6.54 Å². The van der Waals surface area contributed by atoms with Gasteiger partial charge in [-0.3, -0.25) is 4.79 Å². The number of nitrogens with one attached hydrogen (secondary N) is 1. The third kappa shape index (κ3) is 3.93. The number of rotatable bonds is 5. The maximum atomic E-state index is 12.1. The SMILES string of the molecule is COc1ccc(CN(C)C)cc1NC(=O)c1csc(N)n1. The predicted molar refractivity (Wildman–Crippen MR) is 84.9 cm³/mol. The lowest BCUT2D eigenvalue weighted by molar-refractivity contribution is 0.102. The summed E-state index contributed by atoms with van der Waals surface area (Å²) in [5.41, 5.74) is 7.54. The third-order valence-electron chi connectivity index (χ3n) is 2.77. The summed E-state index contributed by atoms with van der Waals surface area (Å²) in [7, 11) is 5.54. The monoisotopic (exact) mass is 306 g/mol. The van der Waals surface area contributed by atoms with Gasteiger partial charge in [0.1, 0.15) is 11.4 Å². The zero-order valence-electron chi connectivity index (χ0n) is 12.2. The van der Waals surface area contributed by atoms with Crippen LogP contribution in [0, 0.1) is 0 Å². The van der Waals surface area contributed by atoms with Crippen LogP contribution in [0.5, 0.6) is 5.75 Å². The molecule has 0 radical (unpaired) electrons. The molecular weight excluding hydrogens is 288 g/mol. The van der Waals surface area contributed by atoms with Gasteiger partial charge >= 0.3 is 0 Å². The molecule has 0 aliphatic carbocycles. The van der Waals surface area contributed by atoms with Crippen molar-refractivity contribution in [1.82, 2.24) is 9.88 Å². The first-order chi connectivity index (χ1) is 9.99. The van der Waals surface area contributed by atoms with Crippen LogP contribution in [0.25, 0.3) is 0 Å². The predicted octanol–water partition coefficient (Wildman–Crippen LogP) is 2.05. The first-order valence-corrected chi connectivity index (χ1v) is 7.21. The highest BCUT2D eigenvalue weighted by Crippen LogP contribution is 2.26. The smallest absolute Gasteiger partial charge is 0.275 e. The van der Waals surface area contributed by atoms with Crippen LogP contribution in [0.2, 0.25) is 0 Å². The minimum absolute atomic E-state index is 0.303. The van der Waals surface area contributed by atoms with E-state index in [4.69, 9.17) is 10.5 Å². The first-order valence-electron chi connectivity index (χ1n) is 6.33. The molecule has 0 atom stereocenters. The maximum Gasteiger partial charge on any atom is 0.275 e. The molecule has 2 rings (SSSR count). The molecule has 2 aromatic rings. The lowest BCUT2D eigenvalue weighted by Gasteiger charge is -2.14. The van der Waals surface area contributed by atoms with E-state index in [1.807, 2.05) is 32.3 Å². The second-order valence-corrected chi connectivity index (χ2v) is 5.69. The molecule has 0 saturated heterocycles. The summed E-state index contributed by atoms with van der Waals surface area (Å²) in [6, 6.07) is 5.70. The van der Waals surface area contributed by atoms with E-state index in [0.29, 0.717) is 22.3 Å². The Balaban J connectivity index is 2.22. The molecule has 0 spiro atoms. The van der Waals surface area contributed by atoms with Crippen LogP contribution in [0.1, 0.15) is 16.1 Å². The van der Waals surface area contributed by atoms with E-state index in [1.54, 1.807) is 12.5 Å². The van der Waals surface area contributed by atoms with Crippen molar-refractivity contribution in [1.29, 1.82) is 0 Å². The number of anilines is 2. The van der Waals surface area contributed by atoms with Crippen LogP contribution >= 0.6 is 11.3 Å². The van der Waals surface area contributed by atoms with E-state index in [9.17, 15) is 4.79 Å². The Morgan fingerprint density at radius 3 is 2.81 bits per heavy atom. The number of nitrogens with zero attached hydrogens (tertiary/aromatic N) is 2. The zero-order valence-corrected chi connectivity index (χ0v) is 13.0. The van der Waals surface area contributed by atoms with Gasteiger partial charge in [0.15, 0.2) is 5.13 Å². The summed E-state index contributed by atoms with van der Waals surface area (Å²) >= 11 is 1.23. The van der Waals surface area contributed by atoms with Gasteiger partial charge in [-0.2, -0.15) is 0 Å². The quantitative estimate of drug-likeness (QED) is 0.883. The summed E-state index contributed by atoms with van der Waals surface area (Å²) < 4.78 is 5.28. The number of carbonyl (C=O) groups is 1. The number of nitrogen functional groups attached to an aromatic ring is 1. The Morgan fingerprint density at radius 1 is 1.48 bits per heavy atom. The largest absolute Gasteiger partial charge is 0.495 e. The molecule has 3 N–H and O–H groups in total. The van der Waals surface area contributed by atoms with E-state index >= 15 is 0 Å². The van der Waals surface area contributed by atoms with Crippen LogP contribution < -0.4 is 15.8 Å². The number of benzene rings is 1. The highest BCUT2D eigenvalue weighted by Gasteiger charge is 2.13. The molecule has 7 heteroatoms. The number of hydrogen-bond donors (Lipinski definition) is 2. The number of aromatic nitrogens is 1. The highest BCUT2D eigenvalue weighted by molar-refractivity contribution is 7.13. The van der Waals surface area contributed by atoms with Crippen molar-refractivity contribution >= 4 is 28.1 Å².